The minimum Gasteiger partial charge on any atom is -0.343 e. The fourth-order valence-electron chi connectivity index (χ4n) is 2.85. The van der Waals surface area contributed by atoms with Gasteiger partial charge in [0.25, 0.3) is 0 Å². The Hall–Kier alpha value is -1.47. The van der Waals surface area contributed by atoms with Crippen molar-refractivity contribution in [2.75, 3.05) is 25.9 Å². The normalized spacial score (nSPS) is 16.2. The van der Waals surface area contributed by atoms with Crippen molar-refractivity contribution in [1.82, 2.24) is 9.21 Å². The molecule has 7 heteroatoms. The molecule has 2 rings (SSSR count). The van der Waals surface area contributed by atoms with Crippen LogP contribution in [-0.2, 0) is 21.4 Å². The summed E-state index contributed by atoms with van der Waals surface area (Å²) in [6.07, 6.45) is 5.61. The Morgan fingerprint density at radius 1 is 1.12 bits per heavy atom. The van der Waals surface area contributed by atoms with Gasteiger partial charge < -0.3 is 4.90 Å². The number of benzene rings is 1. The molecule has 0 N–H and O–H groups in total. The largest absolute Gasteiger partial charge is 0.343 e. The Kier molecular flexibility index (Phi) is 6.74. The molecule has 0 atom stereocenters. The van der Waals surface area contributed by atoms with Crippen molar-refractivity contribution in [2.24, 2.45) is 0 Å². The van der Waals surface area contributed by atoms with Gasteiger partial charge in [0.15, 0.2) is 0 Å². The van der Waals surface area contributed by atoms with E-state index in [9.17, 15) is 17.6 Å². The van der Waals surface area contributed by atoms with Crippen molar-refractivity contribution in [3.05, 3.63) is 35.6 Å². The molecule has 24 heavy (non-hydrogen) atoms. The third-order valence-electron chi connectivity index (χ3n) is 4.28. The molecule has 0 aromatic heterocycles. The van der Waals surface area contributed by atoms with Crippen molar-refractivity contribution in [3.63, 3.8) is 0 Å². The van der Waals surface area contributed by atoms with Crippen molar-refractivity contribution < 1.29 is 17.6 Å². The molecule has 1 heterocycles. The highest BCUT2D eigenvalue weighted by molar-refractivity contribution is 7.88. The number of rotatable bonds is 6. The lowest BCUT2D eigenvalue weighted by molar-refractivity contribution is -0.131. The predicted molar refractivity (Wildman–Crippen MR) is 91.3 cm³/mol. The molecule has 0 spiro atoms. The number of amides is 1. The van der Waals surface area contributed by atoms with Crippen LogP contribution < -0.4 is 0 Å². The van der Waals surface area contributed by atoms with Crippen molar-refractivity contribution in [1.29, 1.82) is 0 Å². The summed E-state index contributed by atoms with van der Waals surface area (Å²) in [6.45, 7) is 1.81. The molecule has 1 amide bonds. The summed E-state index contributed by atoms with van der Waals surface area (Å²) in [7, 11) is -3.44. The molecule has 1 aromatic carbocycles. The molecule has 5 nitrogen and oxygen atoms in total. The number of carbonyl (C=O) groups is 1. The Balaban J connectivity index is 1.96. The van der Waals surface area contributed by atoms with Crippen LogP contribution >= 0.6 is 0 Å². The molecule has 1 saturated heterocycles. The van der Waals surface area contributed by atoms with Crippen LogP contribution in [0.2, 0.25) is 0 Å². The van der Waals surface area contributed by atoms with E-state index in [0.29, 0.717) is 5.56 Å². The number of nitrogens with zero attached hydrogens (tertiary/aromatic N) is 2. The summed E-state index contributed by atoms with van der Waals surface area (Å²) in [6, 6.07) is 5.73. The maximum Gasteiger partial charge on any atom is 0.223 e. The van der Waals surface area contributed by atoms with E-state index in [4.69, 9.17) is 0 Å². The van der Waals surface area contributed by atoms with Crippen molar-refractivity contribution in [2.45, 2.75) is 38.6 Å². The number of halogens is 1. The van der Waals surface area contributed by atoms with E-state index in [2.05, 4.69) is 0 Å². The van der Waals surface area contributed by atoms with Crippen LogP contribution in [0.4, 0.5) is 4.39 Å². The molecule has 134 valence electrons. The third kappa shape index (κ3) is 5.87. The fraction of sp³-hybridized carbons (Fsp3) is 0.588. The van der Waals surface area contributed by atoms with Gasteiger partial charge in [0.2, 0.25) is 15.9 Å². The van der Waals surface area contributed by atoms with Crippen LogP contribution in [0, 0.1) is 5.82 Å². The number of hydrogen-bond acceptors (Lipinski definition) is 3. The molecule has 1 fully saturated rings. The maximum absolute atomic E-state index is 13.0. The van der Waals surface area contributed by atoms with Gasteiger partial charge in [-0.25, -0.2) is 12.8 Å². The van der Waals surface area contributed by atoms with Gasteiger partial charge in [-0.05, 0) is 30.5 Å². The first kappa shape index (κ1) is 18.9. The van der Waals surface area contributed by atoms with E-state index in [1.807, 2.05) is 4.90 Å². The van der Waals surface area contributed by atoms with Crippen LogP contribution in [0.5, 0.6) is 0 Å². The Labute approximate surface area is 143 Å². The highest BCUT2D eigenvalue weighted by Crippen LogP contribution is 2.13. The second kappa shape index (κ2) is 8.58. The zero-order chi connectivity index (χ0) is 17.6. The SMILES string of the molecule is CS(=O)(=O)N(CCC(=O)N1CCCCCC1)Cc1ccc(F)cc1. The fourth-order valence-corrected chi connectivity index (χ4v) is 3.66. The maximum atomic E-state index is 13.0. The van der Waals surface area contributed by atoms with Crippen LogP contribution in [-0.4, -0.2) is 49.4 Å². The van der Waals surface area contributed by atoms with E-state index < -0.39 is 10.0 Å². The first-order valence-corrected chi connectivity index (χ1v) is 10.2. The topological polar surface area (TPSA) is 57.7 Å². The van der Waals surface area contributed by atoms with Gasteiger partial charge >= 0.3 is 0 Å². The van der Waals surface area contributed by atoms with E-state index in [-0.39, 0.29) is 31.2 Å². The summed E-state index contributed by atoms with van der Waals surface area (Å²) in [5.41, 5.74) is 0.698. The highest BCUT2D eigenvalue weighted by atomic mass is 32.2. The minimum atomic E-state index is -3.44. The standard InChI is InChI=1S/C17H25FN2O3S/c1-24(22,23)20(14-15-6-8-16(18)9-7-15)13-10-17(21)19-11-4-2-3-5-12-19/h6-9H,2-5,10-14H2,1H3. The summed E-state index contributed by atoms with van der Waals surface area (Å²) in [4.78, 5) is 14.2. The Bertz CT molecular complexity index is 638. The van der Waals surface area contributed by atoms with E-state index in [1.54, 1.807) is 12.1 Å². The van der Waals surface area contributed by atoms with E-state index in [0.717, 1.165) is 45.0 Å². The lowest BCUT2D eigenvalue weighted by atomic mass is 10.2. The smallest absolute Gasteiger partial charge is 0.223 e. The zero-order valence-electron chi connectivity index (χ0n) is 14.1. The number of hydrogen-bond donors (Lipinski definition) is 0. The quantitative estimate of drug-likeness (QED) is 0.786. The molecule has 0 aliphatic carbocycles. The van der Waals surface area contributed by atoms with Crippen molar-refractivity contribution >= 4 is 15.9 Å². The van der Waals surface area contributed by atoms with E-state index >= 15 is 0 Å². The van der Waals surface area contributed by atoms with Crippen LogP contribution in [0.15, 0.2) is 24.3 Å². The highest BCUT2D eigenvalue weighted by Gasteiger charge is 2.21. The van der Waals surface area contributed by atoms with Crippen LogP contribution in [0.3, 0.4) is 0 Å². The van der Waals surface area contributed by atoms with Gasteiger partial charge in [0.1, 0.15) is 5.82 Å². The monoisotopic (exact) mass is 356 g/mol. The average Bonchev–Trinajstić information content (AvgIpc) is 2.81. The first-order chi connectivity index (χ1) is 11.4. The summed E-state index contributed by atoms with van der Waals surface area (Å²) >= 11 is 0. The number of carbonyl (C=O) groups excluding carboxylic acids is 1. The molecule has 1 aliphatic heterocycles. The molecule has 0 bridgehead atoms. The van der Waals surface area contributed by atoms with Gasteiger partial charge in [-0.2, -0.15) is 4.31 Å². The molecule has 0 unspecified atom stereocenters. The molecular weight excluding hydrogens is 331 g/mol. The second-order valence-corrected chi connectivity index (χ2v) is 8.25. The van der Waals surface area contributed by atoms with Gasteiger partial charge in [0, 0.05) is 32.6 Å². The Morgan fingerprint density at radius 3 is 2.25 bits per heavy atom. The summed E-state index contributed by atoms with van der Waals surface area (Å²) in [5.74, 6) is -0.356. The summed E-state index contributed by atoms with van der Waals surface area (Å²) < 4.78 is 38.2. The lowest BCUT2D eigenvalue weighted by Crippen LogP contribution is -2.37. The minimum absolute atomic E-state index is 0.00431. The van der Waals surface area contributed by atoms with Gasteiger partial charge in [-0.3, -0.25) is 4.79 Å². The summed E-state index contributed by atoms with van der Waals surface area (Å²) in [5, 5.41) is 0. The molecule has 1 aromatic rings. The third-order valence-corrected chi connectivity index (χ3v) is 5.52. The molecule has 1 aliphatic rings. The van der Waals surface area contributed by atoms with Gasteiger partial charge in [0.05, 0.1) is 6.26 Å². The van der Waals surface area contributed by atoms with Crippen LogP contribution in [0.25, 0.3) is 0 Å². The van der Waals surface area contributed by atoms with Gasteiger partial charge in [-0.15, -0.1) is 0 Å². The van der Waals surface area contributed by atoms with Crippen LogP contribution in [0.1, 0.15) is 37.7 Å². The van der Waals surface area contributed by atoms with E-state index in [1.165, 1.54) is 16.4 Å². The zero-order valence-corrected chi connectivity index (χ0v) is 14.9. The second-order valence-electron chi connectivity index (χ2n) is 6.27. The molecule has 0 radical (unpaired) electrons. The number of sulfonamides is 1. The number of likely N-dealkylation sites (tertiary alicyclic amines) is 1. The average molecular weight is 356 g/mol. The molecular formula is C17H25FN2O3S. The van der Waals surface area contributed by atoms with Crippen molar-refractivity contribution in [3.8, 4) is 0 Å². The van der Waals surface area contributed by atoms with Gasteiger partial charge in [-0.1, -0.05) is 25.0 Å². The lowest BCUT2D eigenvalue weighted by Gasteiger charge is -2.23. The molecule has 0 saturated carbocycles. The Morgan fingerprint density at radius 2 is 1.71 bits per heavy atom. The predicted octanol–water partition coefficient (Wildman–Crippen LogP) is 2.38. The first-order valence-electron chi connectivity index (χ1n) is 8.33.